The second-order valence-electron chi connectivity index (χ2n) is 32.0. The Balaban J connectivity index is 1.51. The topological polar surface area (TPSA) is 802 Å². The number of fused-ring (bicyclic) bond motifs is 1. The molecule has 1 aromatic carbocycles. The summed E-state index contributed by atoms with van der Waals surface area (Å²) in [6.07, 6.45) is -0.0491. The first-order chi connectivity index (χ1) is 61.7. The van der Waals surface area contributed by atoms with Crippen molar-refractivity contribution in [3.05, 3.63) is 29.8 Å². The lowest BCUT2D eigenvalue weighted by Crippen LogP contribution is -2.62. The van der Waals surface area contributed by atoms with Crippen LogP contribution in [0.3, 0.4) is 0 Å². The molecular weight excluding hydrogens is 1770 g/mol. The summed E-state index contributed by atoms with van der Waals surface area (Å²) in [6, 6.07) is -13.4. The number of aliphatic carboxylic acids is 1. The number of carboxylic acids is 1. The van der Waals surface area contributed by atoms with Crippen LogP contribution in [-0.4, -0.2) is 295 Å². The smallest absolute Gasteiger partial charge is 0.481 e. The van der Waals surface area contributed by atoms with Crippen LogP contribution in [0, 0.1) is 17.8 Å². The zero-order valence-corrected chi connectivity index (χ0v) is 76.1. The van der Waals surface area contributed by atoms with Crippen LogP contribution in [0.1, 0.15) is 157 Å². The number of benzene rings is 1. The number of carboxylic acid groups (broad SMARTS) is 1. The van der Waals surface area contributed by atoms with E-state index in [0.29, 0.717) is 31.1 Å². The molecule has 20 amide bonds. The number of hydrogen-bond donors (Lipinski definition) is 24. The van der Waals surface area contributed by atoms with Crippen molar-refractivity contribution in [3.63, 3.8) is 0 Å². The standard InChI is InChI=1S/C79H130N21O29PS/c1-8-43(6)66(99-76(118)52(35-58(82)102)91-70(112)44(7)80)78(120)96-50(33-45-17-19-46(20-18-45)129-130(122,123)124)72(114)94-54(37-64(108)109)74(116)93-53(36-59(83)103)75(117)98-65(42(4)5)77(119)95-49(32-41(2)3)71(113)92-51(34-57(81)101)73(115)90-48(69(85)111)21-22-61(105)87-24-26-125-28-30-127-38-62(106)88-25-27-126-29-31-128-39-63(107)89-47(68(84)110)14-12-13-23-86-60(104)16-11-9-10-15-56-67-55(40-131-56)97-79(121)100-67/h17-20,41-44,47-56,65-67H,8-16,21-40,80H2,1-7H3,(H2,81,101)(H2,82,102)(H2,83,103)(H2,84,110)(H2,85,111)(H,86,104)(H,87,105)(H,88,106)(H,89,107)(H,90,115)(H,91,112)(H,92,113)(H,93,116)(H,94,114)(H,95,119)(H,96,120)(H,98,117)(H,99,118)(H,108,109)(H2,97,100,121)(H2,122,123,124)/t43-,44-,47-,48-,49-,50-,51-,52-,53-,54-,55-,56-,65-,66-,67-/m0/s1. The number of carbonyl (C=O) groups is 20. The van der Waals surface area contributed by atoms with Crippen molar-refractivity contribution in [2.75, 3.05) is 78.2 Å². The minimum Gasteiger partial charge on any atom is -0.481 e. The van der Waals surface area contributed by atoms with Crippen LogP contribution in [0.4, 0.5) is 4.79 Å². The van der Waals surface area contributed by atoms with Crippen molar-refractivity contribution in [1.29, 1.82) is 0 Å². The van der Waals surface area contributed by atoms with E-state index < -0.39 is 243 Å². The highest BCUT2D eigenvalue weighted by molar-refractivity contribution is 8.00. The van der Waals surface area contributed by atoms with Crippen LogP contribution in [0.15, 0.2) is 24.3 Å². The predicted octanol–water partition coefficient (Wildman–Crippen LogP) is -7.80. The molecule has 2 aliphatic heterocycles. The maximum absolute atomic E-state index is 14.5. The number of phosphoric acid groups is 1. The summed E-state index contributed by atoms with van der Waals surface area (Å²) in [5, 5.41) is 47.8. The molecule has 2 saturated heterocycles. The molecule has 0 unspecified atom stereocenters. The van der Waals surface area contributed by atoms with E-state index in [1.165, 1.54) is 39.8 Å². The lowest BCUT2D eigenvalue weighted by molar-refractivity contribution is -0.142. The van der Waals surface area contributed by atoms with E-state index in [-0.39, 0.29) is 121 Å². The van der Waals surface area contributed by atoms with Gasteiger partial charge in [0.15, 0.2) is 0 Å². The summed E-state index contributed by atoms with van der Waals surface area (Å²) >= 11 is 1.86. The molecular formula is C79H130N21O29PS. The molecule has 131 heavy (non-hydrogen) atoms. The maximum atomic E-state index is 14.5. The molecule has 0 aliphatic carbocycles. The summed E-state index contributed by atoms with van der Waals surface area (Å²) in [5.74, 6) is -20.9. The van der Waals surface area contributed by atoms with Crippen molar-refractivity contribution >= 4 is 138 Å². The number of urea groups is 1. The van der Waals surface area contributed by atoms with Crippen LogP contribution >= 0.6 is 19.6 Å². The Bertz CT molecular complexity index is 4090. The average Bonchev–Trinajstić information content (AvgIpc) is 1.67. The number of ether oxygens (including phenoxy) is 4. The Labute approximate surface area is 760 Å². The van der Waals surface area contributed by atoms with Gasteiger partial charge in [0.25, 0.3) is 0 Å². The molecule has 2 fully saturated rings. The molecule has 2 heterocycles. The molecule has 0 saturated carbocycles. The fraction of sp³-hybridized carbons (Fsp3) is 0.671. The highest BCUT2D eigenvalue weighted by Gasteiger charge is 2.44. The SMILES string of the molecule is CC[C@H](C)[C@H](NC(=O)[C@H](CC(N)=O)NC(=O)[C@H](C)N)C(=O)N[C@@H](Cc1ccc(OP(=O)(O)O)cc1)C(=O)N[C@@H](CC(=O)O)C(=O)N[C@@H](CC(N)=O)C(=O)N[C@H](C(=O)N[C@@H](CC(C)C)C(=O)N[C@@H](CC(N)=O)C(=O)N[C@@H](CCC(=O)NCCOCCOCC(=O)NCCOCCOCC(=O)N[C@@H](CCCCNC(=O)CCCCC[C@@H]1SC[C@@H]2NC(=O)N[C@@H]21)C(N)=O)C(N)=O)C(C)C. The number of nitrogens with one attached hydrogen (secondary N) is 15. The van der Waals surface area contributed by atoms with Gasteiger partial charge in [0, 0.05) is 49.9 Å². The Morgan fingerprint density at radius 2 is 0.924 bits per heavy atom. The summed E-state index contributed by atoms with van der Waals surface area (Å²) in [5.41, 5.74) is 33.2. The summed E-state index contributed by atoms with van der Waals surface area (Å²) in [6.45, 7) is 10.4. The lowest BCUT2D eigenvalue weighted by Gasteiger charge is -2.29. The first-order valence-electron chi connectivity index (χ1n) is 42.7. The number of rotatable bonds is 68. The fourth-order valence-electron chi connectivity index (χ4n) is 13.0. The molecule has 15 atom stereocenters. The third kappa shape index (κ3) is 46.8. The normalized spacial score (nSPS) is 16.6. The van der Waals surface area contributed by atoms with E-state index in [0.717, 1.165) is 43.6 Å². The van der Waals surface area contributed by atoms with E-state index in [2.05, 4.69) is 84.3 Å². The third-order valence-corrected chi connectivity index (χ3v) is 22.0. The van der Waals surface area contributed by atoms with Crippen LogP contribution in [-0.2, 0) is 121 Å². The van der Waals surface area contributed by atoms with Crippen molar-refractivity contribution in [1.82, 2.24) is 79.8 Å². The number of hydrogen-bond acceptors (Lipinski definition) is 28. The van der Waals surface area contributed by atoms with Gasteiger partial charge >= 0.3 is 19.8 Å². The lowest BCUT2D eigenvalue weighted by atomic mass is 9.96. The van der Waals surface area contributed by atoms with Gasteiger partial charge in [-0.2, -0.15) is 11.8 Å². The van der Waals surface area contributed by atoms with Gasteiger partial charge in [-0.05, 0) is 87.3 Å². The highest BCUT2D eigenvalue weighted by Crippen LogP contribution is 2.38. The number of amides is 20. The van der Waals surface area contributed by atoms with Crippen molar-refractivity contribution in [3.8, 4) is 5.75 Å². The van der Waals surface area contributed by atoms with Gasteiger partial charge in [0.05, 0.1) is 83.5 Å². The number of thioether (sulfide) groups is 1. The minimum absolute atomic E-state index is 0.00600. The number of primary amides is 5. The van der Waals surface area contributed by atoms with Crippen LogP contribution in [0.5, 0.6) is 5.75 Å². The fourth-order valence-corrected chi connectivity index (χ4v) is 14.9. The van der Waals surface area contributed by atoms with Crippen molar-refractivity contribution in [2.45, 2.75) is 241 Å². The molecule has 50 nitrogen and oxygen atoms in total. The number of nitrogens with two attached hydrogens (primary N) is 6. The zero-order valence-electron chi connectivity index (χ0n) is 74.4. The van der Waals surface area contributed by atoms with E-state index in [4.69, 9.17) is 53.3 Å². The van der Waals surface area contributed by atoms with Gasteiger partial charge in [0.1, 0.15) is 79.4 Å². The first-order valence-corrected chi connectivity index (χ1v) is 45.3. The molecule has 0 aromatic heterocycles. The van der Waals surface area contributed by atoms with Crippen LogP contribution in [0.25, 0.3) is 0 Å². The Morgan fingerprint density at radius 3 is 1.44 bits per heavy atom. The Morgan fingerprint density at radius 1 is 0.473 bits per heavy atom. The van der Waals surface area contributed by atoms with Gasteiger partial charge < -0.3 is 143 Å². The predicted molar refractivity (Wildman–Crippen MR) is 466 cm³/mol. The van der Waals surface area contributed by atoms with E-state index in [1.54, 1.807) is 20.8 Å². The average molecular weight is 1900 g/mol. The minimum atomic E-state index is -5.09. The monoisotopic (exact) mass is 1900 g/mol. The Kier molecular flexibility index (Phi) is 51.9. The zero-order chi connectivity index (χ0) is 98.2. The maximum Gasteiger partial charge on any atom is 0.524 e. The molecule has 52 heteroatoms. The van der Waals surface area contributed by atoms with Gasteiger partial charge in [0.2, 0.25) is 106 Å². The second kappa shape index (κ2) is 59.7. The van der Waals surface area contributed by atoms with Crippen molar-refractivity contribution < 1.29 is 139 Å². The van der Waals surface area contributed by atoms with E-state index >= 15 is 0 Å². The van der Waals surface area contributed by atoms with Gasteiger partial charge in [-0.3, -0.25) is 101 Å². The van der Waals surface area contributed by atoms with E-state index in [1.807, 2.05) is 11.8 Å². The molecule has 30 N–H and O–H groups in total. The molecule has 3 rings (SSSR count). The summed E-state index contributed by atoms with van der Waals surface area (Å²) in [4.78, 5) is 280. The Hall–Kier alpha value is -11.5. The first kappa shape index (κ1) is 114. The van der Waals surface area contributed by atoms with Gasteiger partial charge in [-0.15, -0.1) is 0 Å². The molecule has 736 valence electrons. The summed E-state index contributed by atoms with van der Waals surface area (Å²) < 4.78 is 37.7. The quantitative estimate of drug-likeness (QED) is 0.0164. The number of unbranched alkanes of at least 4 members (excludes halogenated alkanes) is 3. The molecule has 0 spiro atoms. The second-order valence-corrected chi connectivity index (χ2v) is 34.5. The molecule has 2 aliphatic rings. The largest absolute Gasteiger partial charge is 0.524 e. The summed E-state index contributed by atoms with van der Waals surface area (Å²) in [7, 11) is -5.09. The molecule has 0 bridgehead atoms. The number of phosphoric ester groups is 1. The molecule has 1 aromatic rings. The van der Waals surface area contributed by atoms with Crippen LogP contribution < -0.4 is 119 Å². The van der Waals surface area contributed by atoms with Crippen LogP contribution in [0.2, 0.25) is 0 Å². The number of carbonyl (C=O) groups excluding carboxylic acids is 19. The van der Waals surface area contributed by atoms with Gasteiger partial charge in [-0.1, -0.05) is 72.9 Å². The third-order valence-electron chi connectivity index (χ3n) is 20.1. The van der Waals surface area contributed by atoms with Gasteiger partial charge in [-0.25, -0.2) is 9.36 Å². The van der Waals surface area contributed by atoms with E-state index in [9.17, 15) is 115 Å². The highest BCUT2D eigenvalue weighted by atomic mass is 32.2. The van der Waals surface area contributed by atoms with Crippen molar-refractivity contribution in [2.24, 2.45) is 52.2 Å². The molecule has 0 radical (unpaired) electrons.